The molecule has 0 bridgehead atoms. The lowest BCUT2D eigenvalue weighted by Gasteiger charge is -2.00. The van der Waals surface area contributed by atoms with Gasteiger partial charge in [-0.05, 0) is 6.07 Å². The van der Waals surface area contributed by atoms with Crippen LogP contribution in [0.1, 0.15) is 17.7 Å². The van der Waals surface area contributed by atoms with E-state index in [0.29, 0.717) is 0 Å². The second-order valence-corrected chi connectivity index (χ2v) is 2.49. The predicted molar refractivity (Wildman–Crippen MR) is 42.1 cm³/mol. The van der Waals surface area contributed by atoms with Gasteiger partial charge in [0.2, 0.25) is 0 Å². The molecule has 0 aliphatic carbocycles. The summed E-state index contributed by atoms with van der Waals surface area (Å²) in [5.41, 5.74) is -0.0355. The number of nitrogens with zero attached hydrogens (tertiary/aromatic N) is 1. The van der Waals surface area contributed by atoms with E-state index in [2.05, 4.69) is 4.98 Å². The molecule has 0 unspecified atom stereocenters. The Morgan fingerprint density at radius 3 is 2.67 bits per heavy atom. The molecule has 1 heterocycles. The topological polar surface area (TPSA) is 36.7 Å². The Morgan fingerprint density at radius 1 is 1.58 bits per heavy atom. The molecule has 1 rings (SSSR count). The van der Waals surface area contributed by atoms with Crippen LogP contribution in [0, 0.1) is 5.41 Å². The molecule has 0 fully saturated rings. The molecule has 0 aromatic carbocycles. The lowest BCUT2D eigenvalue weighted by atomic mass is 10.2. The first kappa shape index (κ1) is 9.06. The maximum atomic E-state index is 12.0. The molecule has 64 valence electrons. The number of rotatable bonds is 2. The number of nitrogens with one attached hydrogen (secondary N) is 1. The van der Waals surface area contributed by atoms with Gasteiger partial charge in [-0.1, -0.05) is 11.6 Å². The summed E-state index contributed by atoms with van der Waals surface area (Å²) in [6.45, 7) is 0. The Balaban J connectivity index is 3.10. The van der Waals surface area contributed by atoms with Gasteiger partial charge in [-0.2, -0.15) is 0 Å². The second kappa shape index (κ2) is 3.58. The predicted octanol–water partition coefficient (Wildman–Crippen LogP) is 2.67. The fraction of sp³-hybridized carbons (Fsp3) is 0.143. The van der Waals surface area contributed by atoms with Gasteiger partial charge < -0.3 is 5.41 Å². The second-order valence-electron chi connectivity index (χ2n) is 2.08. The SMILES string of the molecule is N=Cc1ncc(C(F)F)cc1Cl. The highest BCUT2D eigenvalue weighted by atomic mass is 35.5. The molecule has 12 heavy (non-hydrogen) atoms. The van der Waals surface area contributed by atoms with E-state index in [4.69, 9.17) is 17.0 Å². The van der Waals surface area contributed by atoms with Crippen molar-refractivity contribution in [3.63, 3.8) is 0 Å². The Labute approximate surface area is 72.7 Å². The number of hydrogen-bond donors (Lipinski definition) is 1. The summed E-state index contributed by atoms with van der Waals surface area (Å²) in [7, 11) is 0. The first-order valence-corrected chi connectivity index (χ1v) is 3.47. The molecule has 0 spiro atoms. The normalized spacial score (nSPS) is 10.3. The summed E-state index contributed by atoms with van der Waals surface area (Å²) in [6, 6.07) is 1.11. The fourth-order valence-corrected chi connectivity index (χ4v) is 0.918. The van der Waals surface area contributed by atoms with Crippen molar-refractivity contribution in [1.82, 2.24) is 4.98 Å². The molecule has 1 aromatic rings. The van der Waals surface area contributed by atoms with Gasteiger partial charge in [-0.25, -0.2) is 8.78 Å². The average molecular weight is 191 g/mol. The molecule has 5 heteroatoms. The molecule has 0 aliphatic rings. The largest absolute Gasteiger partial charge is 0.306 e. The fourth-order valence-electron chi connectivity index (χ4n) is 0.689. The summed E-state index contributed by atoms with van der Waals surface area (Å²) < 4.78 is 24.1. The maximum Gasteiger partial charge on any atom is 0.265 e. The molecule has 1 aromatic heterocycles. The molecule has 1 N–H and O–H groups in total. The van der Waals surface area contributed by atoms with Gasteiger partial charge in [-0.15, -0.1) is 0 Å². The van der Waals surface area contributed by atoms with Gasteiger partial charge in [0.05, 0.1) is 10.7 Å². The maximum absolute atomic E-state index is 12.0. The Hall–Kier alpha value is -1.03. The number of hydrogen-bond acceptors (Lipinski definition) is 2. The van der Waals surface area contributed by atoms with Crippen LogP contribution in [0.15, 0.2) is 12.3 Å². The minimum absolute atomic E-state index is 0.0720. The van der Waals surface area contributed by atoms with Gasteiger partial charge in [-0.3, -0.25) is 4.98 Å². The van der Waals surface area contributed by atoms with E-state index < -0.39 is 6.43 Å². The molecule has 0 atom stereocenters. The van der Waals surface area contributed by atoms with Crippen LogP contribution >= 0.6 is 11.6 Å². The van der Waals surface area contributed by atoms with Crippen molar-refractivity contribution >= 4 is 17.8 Å². The number of halogens is 3. The highest BCUT2D eigenvalue weighted by Gasteiger charge is 2.09. The number of pyridine rings is 1. The van der Waals surface area contributed by atoms with Crippen LogP contribution in [0.5, 0.6) is 0 Å². The van der Waals surface area contributed by atoms with Crippen LogP contribution in [0.2, 0.25) is 5.02 Å². The third-order valence-electron chi connectivity index (χ3n) is 1.28. The van der Waals surface area contributed by atoms with E-state index in [0.717, 1.165) is 18.5 Å². The molecule has 0 aliphatic heterocycles. The Morgan fingerprint density at radius 2 is 2.25 bits per heavy atom. The van der Waals surface area contributed by atoms with Crippen LogP contribution in [-0.2, 0) is 0 Å². The molecule has 0 radical (unpaired) electrons. The highest BCUT2D eigenvalue weighted by Crippen LogP contribution is 2.22. The van der Waals surface area contributed by atoms with Crippen LogP contribution in [0.4, 0.5) is 8.78 Å². The van der Waals surface area contributed by atoms with E-state index >= 15 is 0 Å². The molecular formula is C7H5ClF2N2. The van der Waals surface area contributed by atoms with E-state index in [9.17, 15) is 8.78 Å². The monoisotopic (exact) mass is 190 g/mol. The van der Waals surface area contributed by atoms with Crippen molar-refractivity contribution in [3.05, 3.63) is 28.5 Å². The number of alkyl halides is 2. The van der Waals surface area contributed by atoms with E-state index in [-0.39, 0.29) is 16.3 Å². The zero-order valence-corrected chi connectivity index (χ0v) is 6.65. The minimum atomic E-state index is -2.57. The summed E-state index contributed by atoms with van der Waals surface area (Å²) >= 11 is 5.53. The van der Waals surface area contributed by atoms with Crippen molar-refractivity contribution in [3.8, 4) is 0 Å². The zero-order chi connectivity index (χ0) is 9.14. The van der Waals surface area contributed by atoms with Crippen LogP contribution in [-0.4, -0.2) is 11.2 Å². The molecule has 0 amide bonds. The molecule has 0 saturated carbocycles. The van der Waals surface area contributed by atoms with Crippen molar-refractivity contribution in [1.29, 1.82) is 5.41 Å². The van der Waals surface area contributed by atoms with Crippen LogP contribution in [0.25, 0.3) is 0 Å². The third kappa shape index (κ3) is 1.76. The summed E-state index contributed by atoms with van der Waals surface area (Å²) in [4.78, 5) is 3.56. The van der Waals surface area contributed by atoms with Gasteiger partial charge in [0, 0.05) is 18.0 Å². The minimum Gasteiger partial charge on any atom is -0.306 e. The van der Waals surface area contributed by atoms with Gasteiger partial charge in [0.15, 0.2) is 0 Å². The third-order valence-corrected chi connectivity index (χ3v) is 1.58. The van der Waals surface area contributed by atoms with Crippen LogP contribution in [0.3, 0.4) is 0 Å². The lowest BCUT2D eigenvalue weighted by molar-refractivity contribution is 0.151. The quantitative estimate of drug-likeness (QED) is 0.716. The van der Waals surface area contributed by atoms with E-state index in [1.807, 2.05) is 0 Å². The highest BCUT2D eigenvalue weighted by molar-refractivity contribution is 6.32. The standard InChI is InChI=1S/C7H5ClF2N2/c8-5-1-4(7(9)10)3-12-6(5)2-11/h1-3,7,11H. The van der Waals surface area contributed by atoms with Gasteiger partial charge in [0.25, 0.3) is 6.43 Å². The summed E-state index contributed by atoms with van der Waals surface area (Å²) in [6.07, 6.45) is -0.649. The van der Waals surface area contributed by atoms with Crippen molar-refractivity contribution in [2.75, 3.05) is 0 Å². The summed E-state index contributed by atoms with van der Waals surface area (Å²) in [5.74, 6) is 0. The smallest absolute Gasteiger partial charge is 0.265 e. The van der Waals surface area contributed by atoms with E-state index in [1.165, 1.54) is 0 Å². The summed E-state index contributed by atoms with van der Waals surface area (Å²) in [5, 5.41) is 6.87. The van der Waals surface area contributed by atoms with E-state index in [1.54, 1.807) is 0 Å². The first-order valence-electron chi connectivity index (χ1n) is 3.09. The molecular weight excluding hydrogens is 186 g/mol. The van der Waals surface area contributed by atoms with Gasteiger partial charge in [0.1, 0.15) is 0 Å². The Kier molecular flexibility index (Phi) is 2.70. The van der Waals surface area contributed by atoms with Crippen molar-refractivity contribution < 1.29 is 8.78 Å². The lowest BCUT2D eigenvalue weighted by Crippen LogP contribution is -1.92. The van der Waals surface area contributed by atoms with Crippen molar-refractivity contribution in [2.24, 2.45) is 0 Å². The Bertz CT molecular complexity index is 301. The van der Waals surface area contributed by atoms with Crippen LogP contribution < -0.4 is 0 Å². The molecule has 0 saturated heterocycles. The molecule has 2 nitrogen and oxygen atoms in total. The van der Waals surface area contributed by atoms with Crippen molar-refractivity contribution in [2.45, 2.75) is 6.43 Å². The number of aromatic nitrogens is 1. The van der Waals surface area contributed by atoms with Gasteiger partial charge >= 0.3 is 0 Å². The average Bonchev–Trinajstić information content (AvgIpc) is 2.04. The zero-order valence-electron chi connectivity index (χ0n) is 5.89. The first-order chi connectivity index (χ1) is 5.65.